The van der Waals surface area contributed by atoms with Gasteiger partial charge in [-0.05, 0) is 53.3 Å². The van der Waals surface area contributed by atoms with Gasteiger partial charge in [0.15, 0.2) is 0 Å². The standard InChI is InChI=1S/C23H17ClN2O2S/c24-17-7-9-18(10-8-17)26-22(27)20(19-6-3-13-29-19)21(23(26)28)25-12-11-15-4-1-2-5-16(15)14-25/h1-10,13H,11-12,14H2. The second-order valence-corrected chi connectivity index (χ2v) is 8.45. The number of carbonyl (C=O) groups is 2. The average molecular weight is 421 g/mol. The predicted octanol–water partition coefficient (Wildman–Crippen LogP) is 4.74. The summed E-state index contributed by atoms with van der Waals surface area (Å²) in [6.45, 7) is 1.32. The largest absolute Gasteiger partial charge is 0.362 e. The zero-order chi connectivity index (χ0) is 20.0. The van der Waals surface area contributed by atoms with Gasteiger partial charge in [0.2, 0.25) is 0 Å². The van der Waals surface area contributed by atoms with Crippen molar-refractivity contribution in [3.63, 3.8) is 0 Å². The maximum absolute atomic E-state index is 13.5. The van der Waals surface area contributed by atoms with Crippen molar-refractivity contribution < 1.29 is 9.59 Å². The third-order valence-electron chi connectivity index (χ3n) is 5.36. The molecular weight excluding hydrogens is 404 g/mol. The van der Waals surface area contributed by atoms with Crippen LogP contribution < -0.4 is 4.90 Å². The van der Waals surface area contributed by atoms with Gasteiger partial charge in [-0.15, -0.1) is 11.3 Å². The highest BCUT2D eigenvalue weighted by Gasteiger charge is 2.43. The smallest absolute Gasteiger partial charge is 0.282 e. The first kappa shape index (κ1) is 18.2. The lowest BCUT2D eigenvalue weighted by molar-refractivity contribution is -0.120. The molecule has 6 heteroatoms. The van der Waals surface area contributed by atoms with Crippen LogP contribution in [0.4, 0.5) is 5.69 Å². The minimum Gasteiger partial charge on any atom is -0.362 e. The van der Waals surface area contributed by atoms with Gasteiger partial charge in [-0.2, -0.15) is 0 Å². The van der Waals surface area contributed by atoms with Crippen LogP contribution in [0.25, 0.3) is 5.57 Å². The summed E-state index contributed by atoms with van der Waals surface area (Å²) in [5.41, 5.74) is 4.00. The van der Waals surface area contributed by atoms with Crippen molar-refractivity contribution in [1.29, 1.82) is 0 Å². The van der Waals surface area contributed by atoms with Crippen LogP contribution in [0.1, 0.15) is 16.0 Å². The Hall–Kier alpha value is -2.89. The Morgan fingerprint density at radius 2 is 1.62 bits per heavy atom. The number of hydrogen-bond donors (Lipinski definition) is 0. The molecular formula is C23H17ClN2O2S. The van der Waals surface area contributed by atoms with E-state index < -0.39 is 0 Å². The monoisotopic (exact) mass is 420 g/mol. The molecule has 29 heavy (non-hydrogen) atoms. The van der Waals surface area contributed by atoms with Gasteiger partial charge in [-0.1, -0.05) is 41.9 Å². The number of amides is 2. The summed E-state index contributed by atoms with van der Waals surface area (Å²) in [6, 6.07) is 18.9. The van der Waals surface area contributed by atoms with E-state index in [0.29, 0.717) is 35.1 Å². The maximum atomic E-state index is 13.5. The fourth-order valence-corrected chi connectivity index (χ4v) is 4.85. The molecule has 2 aromatic carbocycles. The van der Waals surface area contributed by atoms with Gasteiger partial charge in [0, 0.05) is 23.0 Å². The third-order valence-corrected chi connectivity index (χ3v) is 6.50. The van der Waals surface area contributed by atoms with Gasteiger partial charge in [-0.25, -0.2) is 4.90 Å². The van der Waals surface area contributed by atoms with Crippen LogP contribution >= 0.6 is 22.9 Å². The number of carbonyl (C=O) groups excluding carboxylic acids is 2. The van der Waals surface area contributed by atoms with Crippen LogP contribution in [0, 0.1) is 0 Å². The SMILES string of the molecule is O=C1C(c2cccs2)=C(N2CCc3ccccc3C2)C(=O)N1c1ccc(Cl)cc1. The Bertz CT molecular complexity index is 1140. The van der Waals surface area contributed by atoms with E-state index in [1.54, 1.807) is 24.3 Å². The molecule has 0 bridgehead atoms. The molecule has 2 aliphatic heterocycles. The van der Waals surface area contributed by atoms with Crippen molar-refractivity contribution in [2.75, 3.05) is 11.4 Å². The third kappa shape index (κ3) is 3.07. The van der Waals surface area contributed by atoms with Gasteiger partial charge in [0.05, 0.1) is 11.3 Å². The van der Waals surface area contributed by atoms with Crippen LogP contribution in [0.2, 0.25) is 5.02 Å². The zero-order valence-corrected chi connectivity index (χ0v) is 17.0. The summed E-state index contributed by atoms with van der Waals surface area (Å²) >= 11 is 7.47. The molecule has 3 aromatic rings. The molecule has 0 saturated carbocycles. The Balaban J connectivity index is 1.59. The van der Waals surface area contributed by atoms with Crippen molar-refractivity contribution in [1.82, 2.24) is 4.90 Å². The van der Waals surface area contributed by atoms with Crippen LogP contribution in [0.15, 0.2) is 71.7 Å². The zero-order valence-electron chi connectivity index (χ0n) is 15.5. The molecule has 0 unspecified atom stereocenters. The summed E-state index contributed by atoms with van der Waals surface area (Å²) in [5, 5.41) is 2.49. The first-order valence-corrected chi connectivity index (χ1v) is 10.6. The van der Waals surface area contributed by atoms with Crippen LogP contribution in [-0.4, -0.2) is 23.3 Å². The fraction of sp³-hybridized carbons (Fsp3) is 0.130. The topological polar surface area (TPSA) is 40.6 Å². The first-order chi connectivity index (χ1) is 14.1. The van der Waals surface area contributed by atoms with Crippen LogP contribution in [0.3, 0.4) is 0 Å². The summed E-state index contributed by atoms with van der Waals surface area (Å²) in [7, 11) is 0. The molecule has 2 aliphatic rings. The maximum Gasteiger partial charge on any atom is 0.282 e. The number of rotatable bonds is 3. The highest BCUT2D eigenvalue weighted by Crippen LogP contribution is 2.38. The Morgan fingerprint density at radius 3 is 2.34 bits per heavy atom. The van der Waals surface area contributed by atoms with Gasteiger partial charge in [0.1, 0.15) is 5.70 Å². The van der Waals surface area contributed by atoms with Crippen molar-refractivity contribution in [3.05, 3.63) is 92.8 Å². The molecule has 3 heterocycles. The fourth-order valence-electron chi connectivity index (χ4n) is 3.97. The summed E-state index contributed by atoms with van der Waals surface area (Å²) in [6.07, 6.45) is 0.847. The molecule has 0 atom stereocenters. The number of fused-ring (bicyclic) bond motifs is 1. The van der Waals surface area contributed by atoms with Crippen molar-refractivity contribution in [3.8, 4) is 0 Å². The highest BCUT2D eigenvalue weighted by molar-refractivity contribution is 7.11. The van der Waals surface area contributed by atoms with Crippen molar-refractivity contribution in [2.24, 2.45) is 0 Å². The molecule has 0 saturated heterocycles. The van der Waals surface area contributed by atoms with Crippen molar-refractivity contribution in [2.45, 2.75) is 13.0 Å². The first-order valence-electron chi connectivity index (χ1n) is 9.38. The lowest BCUT2D eigenvalue weighted by Crippen LogP contribution is -2.37. The summed E-state index contributed by atoms with van der Waals surface area (Å²) in [4.78, 5) is 31.0. The van der Waals surface area contributed by atoms with E-state index in [9.17, 15) is 9.59 Å². The van der Waals surface area contributed by atoms with Crippen molar-refractivity contribution >= 4 is 46.0 Å². The van der Waals surface area contributed by atoms with Crippen LogP contribution in [0.5, 0.6) is 0 Å². The summed E-state index contributed by atoms with van der Waals surface area (Å²) in [5.74, 6) is -0.561. The molecule has 4 nitrogen and oxygen atoms in total. The predicted molar refractivity (Wildman–Crippen MR) is 116 cm³/mol. The lowest BCUT2D eigenvalue weighted by atomic mass is 9.99. The molecule has 1 aromatic heterocycles. The number of thiophene rings is 1. The number of imide groups is 1. The minimum absolute atomic E-state index is 0.278. The average Bonchev–Trinajstić information content (AvgIpc) is 3.35. The van der Waals surface area contributed by atoms with E-state index in [4.69, 9.17) is 11.6 Å². The highest BCUT2D eigenvalue weighted by atomic mass is 35.5. The number of halogens is 1. The molecule has 0 radical (unpaired) electrons. The molecule has 0 aliphatic carbocycles. The van der Waals surface area contributed by atoms with Gasteiger partial charge in [0.25, 0.3) is 11.8 Å². The molecule has 0 fully saturated rings. The minimum atomic E-state index is -0.284. The van der Waals surface area contributed by atoms with E-state index in [1.165, 1.54) is 27.4 Å². The second kappa shape index (κ2) is 7.17. The number of benzene rings is 2. The van der Waals surface area contributed by atoms with Gasteiger partial charge < -0.3 is 4.90 Å². The Morgan fingerprint density at radius 1 is 0.862 bits per heavy atom. The second-order valence-electron chi connectivity index (χ2n) is 7.06. The quantitative estimate of drug-likeness (QED) is 0.574. The van der Waals surface area contributed by atoms with E-state index >= 15 is 0 Å². The molecule has 0 spiro atoms. The Labute approximate surface area is 177 Å². The molecule has 2 amide bonds. The molecule has 144 valence electrons. The van der Waals surface area contributed by atoms with E-state index in [0.717, 1.165) is 11.3 Å². The van der Waals surface area contributed by atoms with Gasteiger partial charge in [-0.3, -0.25) is 9.59 Å². The number of anilines is 1. The van der Waals surface area contributed by atoms with E-state index in [1.807, 2.05) is 34.5 Å². The Kier molecular flexibility index (Phi) is 4.49. The number of nitrogens with zero attached hydrogens (tertiary/aromatic N) is 2. The van der Waals surface area contributed by atoms with Crippen LogP contribution in [-0.2, 0) is 22.6 Å². The lowest BCUT2D eigenvalue weighted by Gasteiger charge is -2.31. The molecule has 5 rings (SSSR count). The van der Waals surface area contributed by atoms with E-state index in [-0.39, 0.29) is 11.8 Å². The normalized spacial score (nSPS) is 16.6. The summed E-state index contributed by atoms with van der Waals surface area (Å²) < 4.78 is 0. The van der Waals surface area contributed by atoms with Gasteiger partial charge >= 0.3 is 0 Å². The van der Waals surface area contributed by atoms with E-state index in [2.05, 4.69) is 12.1 Å². The number of hydrogen-bond acceptors (Lipinski definition) is 4. The molecule has 0 N–H and O–H groups in total.